The van der Waals surface area contributed by atoms with E-state index in [1.165, 1.54) is 10.6 Å². The molecule has 4 nitrogen and oxygen atoms in total. The number of carbonyl (C=O) groups excluding carboxylic acids is 1. The van der Waals surface area contributed by atoms with Gasteiger partial charge in [0, 0.05) is 20.1 Å². The Morgan fingerprint density at radius 2 is 2.27 bits per heavy atom. The first-order valence-corrected chi connectivity index (χ1v) is 8.24. The van der Waals surface area contributed by atoms with Crippen molar-refractivity contribution in [2.75, 3.05) is 25.6 Å². The summed E-state index contributed by atoms with van der Waals surface area (Å²) < 4.78 is 5.20. The van der Waals surface area contributed by atoms with E-state index in [9.17, 15) is 4.79 Å². The van der Waals surface area contributed by atoms with Gasteiger partial charge in [0.15, 0.2) is 0 Å². The summed E-state index contributed by atoms with van der Waals surface area (Å²) in [6.07, 6.45) is 2.23. The molecule has 22 heavy (non-hydrogen) atoms. The molecule has 1 aliphatic heterocycles. The van der Waals surface area contributed by atoms with Crippen molar-refractivity contribution in [2.24, 2.45) is 0 Å². The molecular formula is C17H20N2O2S. The molecule has 1 N–H and O–H groups in total. The van der Waals surface area contributed by atoms with Crippen molar-refractivity contribution < 1.29 is 9.53 Å². The maximum Gasteiger partial charge on any atom is 0.261 e. The molecule has 1 aromatic heterocycles. The average Bonchev–Trinajstić information content (AvgIpc) is 2.98. The Labute approximate surface area is 134 Å². The highest BCUT2D eigenvalue weighted by Gasteiger charge is 2.20. The van der Waals surface area contributed by atoms with Gasteiger partial charge in [-0.25, -0.2) is 0 Å². The van der Waals surface area contributed by atoms with E-state index in [1.54, 1.807) is 18.4 Å². The summed E-state index contributed by atoms with van der Waals surface area (Å²) in [4.78, 5) is 15.4. The monoisotopic (exact) mass is 316 g/mol. The smallest absolute Gasteiger partial charge is 0.261 e. The number of nitrogens with one attached hydrogen (secondary N) is 1. The van der Waals surface area contributed by atoms with Crippen LogP contribution in [0.25, 0.3) is 0 Å². The quantitative estimate of drug-likeness (QED) is 0.942. The number of carbonyl (C=O) groups is 1. The third kappa shape index (κ3) is 3.09. The van der Waals surface area contributed by atoms with E-state index in [1.807, 2.05) is 30.3 Å². The van der Waals surface area contributed by atoms with Crippen molar-refractivity contribution >= 4 is 22.2 Å². The van der Waals surface area contributed by atoms with Crippen molar-refractivity contribution in [3.8, 4) is 5.75 Å². The fraction of sp³-hybridized carbons (Fsp3) is 0.353. The van der Waals surface area contributed by atoms with Gasteiger partial charge in [0.05, 0.1) is 17.0 Å². The predicted octanol–water partition coefficient (Wildman–Crippen LogP) is 3.07. The molecule has 116 valence electrons. The van der Waals surface area contributed by atoms with Gasteiger partial charge in [0.25, 0.3) is 5.91 Å². The zero-order valence-electron chi connectivity index (χ0n) is 12.9. The normalized spacial score (nSPS) is 13.6. The summed E-state index contributed by atoms with van der Waals surface area (Å²) in [6.45, 7) is 1.58. The zero-order valence-corrected chi connectivity index (χ0v) is 13.7. The molecule has 0 unspecified atom stereocenters. The molecule has 0 fully saturated rings. The largest absolute Gasteiger partial charge is 0.497 e. The van der Waals surface area contributed by atoms with Gasteiger partial charge < -0.3 is 15.0 Å². The summed E-state index contributed by atoms with van der Waals surface area (Å²) >= 11 is 1.58. The van der Waals surface area contributed by atoms with Crippen LogP contribution in [0.15, 0.2) is 30.3 Å². The Morgan fingerprint density at radius 1 is 1.41 bits per heavy atom. The minimum absolute atomic E-state index is 0.00406. The minimum atomic E-state index is -0.00406. The fourth-order valence-corrected chi connectivity index (χ4v) is 3.81. The van der Waals surface area contributed by atoms with E-state index in [2.05, 4.69) is 17.3 Å². The highest BCUT2D eigenvalue weighted by Crippen LogP contribution is 2.34. The first-order valence-electron chi connectivity index (χ1n) is 7.42. The molecule has 0 spiro atoms. The number of ether oxygens (including phenoxy) is 1. The lowest BCUT2D eigenvalue weighted by molar-refractivity contribution is 0.0955. The molecule has 5 heteroatoms. The molecule has 1 aromatic carbocycles. The molecular weight excluding hydrogens is 296 g/mol. The molecule has 0 bridgehead atoms. The van der Waals surface area contributed by atoms with E-state index >= 15 is 0 Å². The number of amides is 1. The fourth-order valence-electron chi connectivity index (χ4n) is 2.69. The Bertz CT molecular complexity index is 681. The number of thiophene rings is 1. The molecule has 2 heterocycles. The third-order valence-corrected chi connectivity index (χ3v) is 5.17. The van der Waals surface area contributed by atoms with Gasteiger partial charge in [-0.15, -0.1) is 11.3 Å². The Morgan fingerprint density at radius 3 is 3.05 bits per heavy atom. The van der Waals surface area contributed by atoms with E-state index in [-0.39, 0.29) is 5.91 Å². The number of aryl methyl sites for hydroxylation is 1. The van der Waals surface area contributed by atoms with Crippen LogP contribution in [0.3, 0.4) is 0 Å². The molecule has 2 aromatic rings. The van der Waals surface area contributed by atoms with Crippen molar-refractivity contribution in [1.29, 1.82) is 0 Å². The van der Waals surface area contributed by atoms with Gasteiger partial charge in [-0.1, -0.05) is 12.1 Å². The Balaban J connectivity index is 1.67. The molecule has 3 rings (SSSR count). The standard InChI is InChI=1S/C17H20N2O2S/c1-19-8-4-6-13-10-15(22-17(13)19)16(20)18-11-12-5-3-7-14(9-12)21-2/h3,5,7,9-10H,4,6,8,11H2,1-2H3,(H,18,20). The van der Waals surface area contributed by atoms with Crippen LogP contribution in [0.1, 0.15) is 27.2 Å². The lowest BCUT2D eigenvalue weighted by Crippen LogP contribution is -2.22. The van der Waals surface area contributed by atoms with Gasteiger partial charge >= 0.3 is 0 Å². The van der Waals surface area contributed by atoms with E-state index in [4.69, 9.17) is 4.74 Å². The van der Waals surface area contributed by atoms with E-state index < -0.39 is 0 Å². The summed E-state index contributed by atoms with van der Waals surface area (Å²) in [7, 11) is 3.73. The van der Waals surface area contributed by atoms with Crippen LogP contribution in [0.5, 0.6) is 5.75 Å². The molecule has 0 saturated carbocycles. The second kappa shape index (κ2) is 6.40. The number of hydrogen-bond acceptors (Lipinski definition) is 4. The summed E-state index contributed by atoms with van der Waals surface area (Å²) in [5, 5.41) is 4.22. The maximum absolute atomic E-state index is 12.3. The second-order valence-corrected chi connectivity index (χ2v) is 6.53. The topological polar surface area (TPSA) is 41.6 Å². The number of benzene rings is 1. The van der Waals surface area contributed by atoms with Crippen molar-refractivity contribution in [3.63, 3.8) is 0 Å². The number of nitrogens with zero attached hydrogens (tertiary/aromatic N) is 1. The van der Waals surface area contributed by atoms with Crippen molar-refractivity contribution in [2.45, 2.75) is 19.4 Å². The maximum atomic E-state index is 12.3. The van der Waals surface area contributed by atoms with Crippen LogP contribution in [-0.4, -0.2) is 26.6 Å². The molecule has 1 aliphatic rings. The number of rotatable bonds is 4. The number of fused-ring (bicyclic) bond motifs is 1. The molecule has 0 atom stereocenters. The average molecular weight is 316 g/mol. The zero-order chi connectivity index (χ0) is 15.5. The SMILES string of the molecule is COc1cccc(CNC(=O)c2cc3c(s2)N(C)CCC3)c1. The number of hydrogen-bond donors (Lipinski definition) is 1. The van der Waals surface area contributed by atoms with Gasteiger partial charge in [-0.2, -0.15) is 0 Å². The molecule has 0 aliphatic carbocycles. The predicted molar refractivity (Wildman–Crippen MR) is 90.1 cm³/mol. The lowest BCUT2D eigenvalue weighted by atomic mass is 10.1. The van der Waals surface area contributed by atoms with Crippen LogP contribution in [0.2, 0.25) is 0 Å². The van der Waals surface area contributed by atoms with E-state index in [0.717, 1.165) is 35.6 Å². The van der Waals surface area contributed by atoms with Crippen LogP contribution in [0, 0.1) is 0 Å². The number of methoxy groups -OCH3 is 1. The first kappa shape index (κ1) is 14.9. The van der Waals surface area contributed by atoms with Gasteiger partial charge in [-0.3, -0.25) is 4.79 Å². The summed E-state index contributed by atoms with van der Waals surface area (Å²) in [5.74, 6) is 0.801. The minimum Gasteiger partial charge on any atom is -0.497 e. The Hall–Kier alpha value is -2.01. The number of anilines is 1. The first-order chi connectivity index (χ1) is 10.7. The van der Waals surface area contributed by atoms with Crippen LogP contribution in [0.4, 0.5) is 5.00 Å². The highest BCUT2D eigenvalue weighted by molar-refractivity contribution is 7.18. The summed E-state index contributed by atoms with van der Waals surface area (Å²) in [6, 6.07) is 9.79. The molecule has 1 amide bonds. The van der Waals surface area contributed by atoms with Crippen LogP contribution in [-0.2, 0) is 13.0 Å². The summed E-state index contributed by atoms with van der Waals surface area (Å²) in [5.41, 5.74) is 2.33. The third-order valence-electron chi connectivity index (χ3n) is 3.88. The van der Waals surface area contributed by atoms with Crippen molar-refractivity contribution in [3.05, 3.63) is 46.3 Å². The van der Waals surface area contributed by atoms with Gasteiger partial charge in [-0.05, 0) is 42.2 Å². The van der Waals surface area contributed by atoms with Gasteiger partial charge in [0.2, 0.25) is 0 Å². The lowest BCUT2D eigenvalue weighted by Gasteiger charge is -2.23. The molecule has 0 radical (unpaired) electrons. The van der Waals surface area contributed by atoms with Crippen LogP contribution >= 0.6 is 11.3 Å². The Kier molecular flexibility index (Phi) is 4.34. The van der Waals surface area contributed by atoms with Crippen molar-refractivity contribution in [1.82, 2.24) is 5.32 Å². The van der Waals surface area contributed by atoms with E-state index in [0.29, 0.717) is 6.54 Å². The second-order valence-electron chi connectivity index (χ2n) is 5.50. The van der Waals surface area contributed by atoms with Crippen LogP contribution < -0.4 is 15.0 Å². The highest BCUT2D eigenvalue weighted by atomic mass is 32.1. The van der Waals surface area contributed by atoms with Gasteiger partial charge in [0.1, 0.15) is 5.75 Å². The molecule has 0 saturated heterocycles.